The molecule has 0 atom stereocenters. The number of anilines is 3. The molecule has 8 aromatic carbocycles. The normalized spacial score (nSPS) is 11.7. The van der Waals surface area contributed by atoms with Gasteiger partial charge in [0, 0.05) is 53.3 Å². The molecule has 0 N–H and O–H groups in total. The Kier molecular flexibility index (Phi) is 6.39. The van der Waals surface area contributed by atoms with E-state index < -0.39 is 0 Å². The third kappa shape index (κ3) is 4.55. The Bertz CT molecular complexity index is 2830. The second-order valence-corrected chi connectivity index (χ2v) is 13.6. The van der Waals surface area contributed by atoms with Gasteiger partial charge in [0.1, 0.15) is 11.2 Å². The molecule has 10 rings (SSSR count). The van der Waals surface area contributed by atoms with Crippen LogP contribution in [0, 0.1) is 0 Å². The molecule has 2 nitrogen and oxygen atoms in total. The molecule has 0 saturated carbocycles. The van der Waals surface area contributed by atoms with E-state index in [1.165, 1.54) is 36.7 Å². The largest absolute Gasteiger partial charge is 0.455 e. The van der Waals surface area contributed by atoms with Crippen LogP contribution in [0.25, 0.3) is 75.1 Å². The third-order valence-corrected chi connectivity index (χ3v) is 10.8. The molecule has 0 amide bonds. The van der Waals surface area contributed by atoms with Crippen LogP contribution in [-0.2, 0) is 0 Å². The molecule has 0 bridgehead atoms. The predicted molar refractivity (Wildman–Crippen MR) is 210 cm³/mol. The summed E-state index contributed by atoms with van der Waals surface area (Å²) >= 11 is 1.85. The number of furan rings is 1. The van der Waals surface area contributed by atoms with E-state index in [-0.39, 0.29) is 0 Å². The number of para-hydroxylation sites is 1. The minimum atomic E-state index is 0.893. The standard InChI is InChI=1S/C46H29NOS/c1-2-11-30(12-3-1)31-21-24-33(25-22-31)47(34-26-28-38-37-16-7-9-20-43(37)49-44(38)29-34)41-18-8-6-15-36(41)39-17-10-19-42-45(39)40-27-23-32-13-4-5-14-35(32)46(40)48-42/h1-29H. The van der Waals surface area contributed by atoms with Gasteiger partial charge in [0.2, 0.25) is 0 Å². The minimum absolute atomic E-state index is 0.893. The van der Waals surface area contributed by atoms with Gasteiger partial charge >= 0.3 is 0 Å². The van der Waals surface area contributed by atoms with Crippen molar-refractivity contribution in [2.75, 3.05) is 4.90 Å². The van der Waals surface area contributed by atoms with Crippen molar-refractivity contribution in [1.29, 1.82) is 0 Å². The summed E-state index contributed by atoms with van der Waals surface area (Å²) in [6, 6.07) is 63.2. The van der Waals surface area contributed by atoms with Crippen molar-refractivity contribution in [3.63, 3.8) is 0 Å². The van der Waals surface area contributed by atoms with E-state index in [4.69, 9.17) is 4.42 Å². The lowest BCUT2D eigenvalue weighted by Crippen LogP contribution is -2.11. The molecular formula is C46H29NOS. The molecule has 2 heterocycles. The van der Waals surface area contributed by atoms with Gasteiger partial charge in [-0.2, -0.15) is 0 Å². The van der Waals surface area contributed by atoms with E-state index in [2.05, 4.69) is 181 Å². The van der Waals surface area contributed by atoms with Gasteiger partial charge in [-0.25, -0.2) is 0 Å². The van der Waals surface area contributed by atoms with Gasteiger partial charge in [0.25, 0.3) is 0 Å². The number of hydrogen-bond acceptors (Lipinski definition) is 3. The zero-order chi connectivity index (χ0) is 32.3. The van der Waals surface area contributed by atoms with Crippen LogP contribution in [0.15, 0.2) is 180 Å². The number of nitrogens with zero attached hydrogens (tertiary/aromatic N) is 1. The molecule has 2 aromatic heterocycles. The zero-order valence-corrected chi connectivity index (χ0v) is 27.3. The van der Waals surface area contributed by atoms with Crippen LogP contribution < -0.4 is 4.90 Å². The maximum absolute atomic E-state index is 6.62. The van der Waals surface area contributed by atoms with E-state index in [9.17, 15) is 0 Å². The van der Waals surface area contributed by atoms with E-state index in [1.807, 2.05) is 11.3 Å². The summed E-state index contributed by atoms with van der Waals surface area (Å²) in [4.78, 5) is 2.41. The number of benzene rings is 8. The van der Waals surface area contributed by atoms with Crippen LogP contribution in [0.4, 0.5) is 17.1 Å². The maximum Gasteiger partial charge on any atom is 0.143 e. The van der Waals surface area contributed by atoms with E-state index in [0.29, 0.717) is 0 Å². The van der Waals surface area contributed by atoms with Crippen LogP contribution in [0.3, 0.4) is 0 Å². The lowest BCUT2D eigenvalue weighted by Gasteiger charge is -2.28. The lowest BCUT2D eigenvalue weighted by atomic mass is 9.96. The Balaban J connectivity index is 1.21. The van der Waals surface area contributed by atoms with Crippen molar-refractivity contribution in [2.24, 2.45) is 0 Å². The summed E-state index contributed by atoms with van der Waals surface area (Å²) in [5, 5.41) is 7.17. The highest BCUT2D eigenvalue weighted by molar-refractivity contribution is 7.25. The summed E-state index contributed by atoms with van der Waals surface area (Å²) in [6.45, 7) is 0. The van der Waals surface area contributed by atoms with Crippen LogP contribution >= 0.6 is 11.3 Å². The average Bonchev–Trinajstić information content (AvgIpc) is 3.74. The maximum atomic E-state index is 6.62. The summed E-state index contributed by atoms with van der Waals surface area (Å²) in [7, 11) is 0. The van der Waals surface area contributed by atoms with Crippen LogP contribution in [-0.4, -0.2) is 0 Å². The third-order valence-electron chi connectivity index (χ3n) is 9.68. The second-order valence-electron chi connectivity index (χ2n) is 12.5. The van der Waals surface area contributed by atoms with E-state index >= 15 is 0 Å². The molecule has 0 spiro atoms. The topological polar surface area (TPSA) is 16.4 Å². The highest BCUT2D eigenvalue weighted by atomic mass is 32.1. The number of hydrogen-bond donors (Lipinski definition) is 0. The Hall–Kier alpha value is -6.16. The average molecular weight is 644 g/mol. The van der Waals surface area contributed by atoms with Gasteiger partial charge in [-0.1, -0.05) is 127 Å². The molecule has 0 aliphatic heterocycles. The Morgan fingerprint density at radius 3 is 2.00 bits per heavy atom. The van der Waals surface area contributed by atoms with Crippen LogP contribution in [0.5, 0.6) is 0 Å². The summed E-state index contributed by atoms with van der Waals surface area (Å²) in [6.07, 6.45) is 0. The summed E-state index contributed by atoms with van der Waals surface area (Å²) in [5.74, 6) is 0. The molecule has 0 fully saturated rings. The van der Waals surface area contributed by atoms with Crippen LogP contribution in [0.1, 0.15) is 0 Å². The van der Waals surface area contributed by atoms with Gasteiger partial charge in [-0.3, -0.25) is 0 Å². The van der Waals surface area contributed by atoms with Crippen molar-refractivity contribution in [2.45, 2.75) is 0 Å². The predicted octanol–water partition coefficient (Wildman–Crippen LogP) is 13.9. The molecule has 0 saturated heterocycles. The van der Waals surface area contributed by atoms with E-state index in [1.54, 1.807) is 0 Å². The van der Waals surface area contributed by atoms with Crippen LogP contribution in [0.2, 0.25) is 0 Å². The zero-order valence-electron chi connectivity index (χ0n) is 26.5. The quantitative estimate of drug-likeness (QED) is 0.186. The van der Waals surface area contributed by atoms with Gasteiger partial charge < -0.3 is 9.32 Å². The van der Waals surface area contributed by atoms with Crippen molar-refractivity contribution in [1.82, 2.24) is 0 Å². The Labute approximate surface area is 287 Å². The summed E-state index contributed by atoms with van der Waals surface area (Å²) < 4.78 is 9.20. The molecule has 3 heteroatoms. The lowest BCUT2D eigenvalue weighted by molar-refractivity contribution is 0.673. The molecular weight excluding hydrogens is 615 g/mol. The van der Waals surface area contributed by atoms with Gasteiger partial charge in [0.15, 0.2) is 0 Å². The number of rotatable bonds is 5. The fourth-order valence-corrected chi connectivity index (χ4v) is 8.53. The molecule has 0 aliphatic carbocycles. The van der Waals surface area contributed by atoms with Crippen molar-refractivity contribution in [3.05, 3.63) is 176 Å². The first-order valence-electron chi connectivity index (χ1n) is 16.6. The smallest absolute Gasteiger partial charge is 0.143 e. The summed E-state index contributed by atoms with van der Waals surface area (Å²) in [5.41, 5.74) is 9.85. The Morgan fingerprint density at radius 2 is 1.10 bits per heavy atom. The molecule has 49 heavy (non-hydrogen) atoms. The number of thiophene rings is 1. The van der Waals surface area contributed by atoms with E-state index in [0.717, 1.165) is 55.5 Å². The fraction of sp³-hybridized carbons (Fsp3) is 0. The number of fused-ring (bicyclic) bond motifs is 8. The molecule has 230 valence electrons. The van der Waals surface area contributed by atoms with Gasteiger partial charge in [-0.05, 0) is 70.6 Å². The first kappa shape index (κ1) is 27.9. The van der Waals surface area contributed by atoms with Crippen molar-refractivity contribution < 1.29 is 4.42 Å². The Morgan fingerprint density at radius 1 is 0.429 bits per heavy atom. The minimum Gasteiger partial charge on any atom is -0.455 e. The molecule has 0 aliphatic rings. The first-order valence-corrected chi connectivity index (χ1v) is 17.4. The van der Waals surface area contributed by atoms with Crippen molar-refractivity contribution >= 4 is 81.3 Å². The van der Waals surface area contributed by atoms with Crippen molar-refractivity contribution in [3.8, 4) is 22.3 Å². The monoisotopic (exact) mass is 643 g/mol. The SMILES string of the molecule is c1ccc(-c2ccc(N(c3ccc4c(c3)sc3ccccc34)c3ccccc3-c3cccc4oc5c6ccccc6ccc5c34)cc2)cc1. The molecule has 0 radical (unpaired) electrons. The van der Waals surface area contributed by atoms with Gasteiger partial charge in [0.05, 0.1) is 5.69 Å². The first-order chi connectivity index (χ1) is 24.3. The molecule has 0 unspecified atom stereocenters. The second kappa shape index (κ2) is 11.2. The fourth-order valence-electron chi connectivity index (χ4n) is 7.39. The highest BCUT2D eigenvalue weighted by Crippen LogP contribution is 2.47. The van der Waals surface area contributed by atoms with Gasteiger partial charge in [-0.15, -0.1) is 11.3 Å². The molecule has 10 aromatic rings. The highest BCUT2D eigenvalue weighted by Gasteiger charge is 2.21.